The van der Waals surface area contributed by atoms with Crippen LogP contribution < -0.4 is 10.6 Å². The Morgan fingerprint density at radius 1 is 1.18 bits per heavy atom. The zero-order chi connectivity index (χ0) is 19.5. The predicted molar refractivity (Wildman–Crippen MR) is 109 cm³/mol. The Kier molecular flexibility index (Phi) is 5.31. The Labute approximate surface area is 169 Å². The molecule has 0 bridgehead atoms. The molecule has 0 aliphatic rings. The zero-order valence-corrected chi connectivity index (χ0v) is 16.9. The summed E-state index contributed by atoms with van der Waals surface area (Å²) in [5.41, 5.74) is 0.857. The first kappa shape index (κ1) is 18.5. The van der Waals surface area contributed by atoms with E-state index >= 15 is 0 Å². The fourth-order valence-electron chi connectivity index (χ4n) is 2.53. The quantitative estimate of drug-likeness (QED) is 0.357. The van der Waals surface area contributed by atoms with E-state index < -0.39 is 0 Å². The number of rotatable bonds is 7. The smallest absolute Gasteiger partial charge is 0.257 e. The van der Waals surface area contributed by atoms with Crippen molar-refractivity contribution in [3.63, 3.8) is 0 Å². The summed E-state index contributed by atoms with van der Waals surface area (Å²) in [6.45, 7) is 4.53. The van der Waals surface area contributed by atoms with Crippen LogP contribution in [-0.4, -0.2) is 31.7 Å². The van der Waals surface area contributed by atoms with Crippen molar-refractivity contribution in [2.45, 2.75) is 24.3 Å². The average Bonchev–Trinajstić information content (AvgIpc) is 3.44. The largest absolute Gasteiger partial charge is 0.494 e. The number of nitrogen functional groups attached to an aromatic ring is 1. The van der Waals surface area contributed by atoms with Crippen molar-refractivity contribution in [2.75, 3.05) is 12.4 Å². The summed E-state index contributed by atoms with van der Waals surface area (Å²) < 4.78 is 12.7. The number of thiophene rings is 1. The Balaban J connectivity index is 1.50. The van der Waals surface area contributed by atoms with Crippen LogP contribution in [0.25, 0.3) is 22.2 Å². The number of hydrogen-bond acceptors (Lipinski definition) is 9. The van der Waals surface area contributed by atoms with Gasteiger partial charge in [0.1, 0.15) is 5.75 Å². The maximum Gasteiger partial charge on any atom is 0.257 e. The molecule has 1 aromatic carbocycles. The highest BCUT2D eigenvalue weighted by atomic mass is 32.2. The number of ether oxygens (including phenoxy) is 1. The van der Waals surface area contributed by atoms with Crippen molar-refractivity contribution in [2.24, 2.45) is 0 Å². The zero-order valence-electron chi connectivity index (χ0n) is 15.3. The maximum atomic E-state index is 6.22. The monoisotopic (exact) mass is 414 g/mol. The van der Waals surface area contributed by atoms with Gasteiger partial charge in [-0.3, -0.25) is 0 Å². The van der Waals surface area contributed by atoms with Gasteiger partial charge in [-0.25, -0.2) is 4.68 Å². The first-order valence-corrected chi connectivity index (χ1v) is 10.4. The molecule has 8 nitrogen and oxygen atoms in total. The SMILES string of the molecule is CCOc1ccc(-c2nnc(S[C@@H](C)c3nnc(-c4cccs4)o3)n2N)cc1. The van der Waals surface area contributed by atoms with Crippen LogP contribution in [0.5, 0.6) is 5.75 Å². The van der Waals surface area contributed by atoms with Crippen LogP contribution in [0.2, 0.25) is 0 Å². The number of nitrogens with two attached hydrogens (primary N) is 1. The first-order valence-electron chi connectivity index (χ1n) is 8.63. The van der Waals surface area contributed by atoms with Crippen LogP contribution in [0, 0.1) is 0 Å². The van der Waals surface area contributed by atoms with Crippen LogP contribution >= 0.6 is 23.1 Å². The Morgan fingerprint density at radius 3 is 2.71 bits per heavy atom. The fraction of sp³-hybridized carbons (Fsp3) is 0.222. The molecule has 3 heterocycles. The Bertz CT molecular complexity index is 1040. The first-order chi connectivity index (χ1) is 13.7. The van der Waals surface area contributed by atoms with Gasteiger partial charge in [0.05, 0.1) is 16.7 Å². The second-order valence-corrected chi connectivity index (χ2v) is 8.07. The van der Waals surface area contributed by atoms with Crippen molar-refractivity contribution in [1.82, 2.24) is 25.1 Å². The average molecular weight is 415 g/mol. The molecule has 0 spiro atoms. The molecule has 10 heteroatoms. The third-order valence-corrected chi connectivity index (χ3v) is 5.79. The van der Waals surface area contributed by atoms with Gasteiger partial charge in [0.25, 0.3) is 5.89 Å². The summed E-state index contributed by atoms with van der Waals surface area (Å²) in [6, 6.07) is 11.5. The highest BCUT2D eigenvalue weighted by Gasteiger charge is 2.21. The summed E-state index contributed by atoms with van der Waals surface area (Å²) >= 11 is 2.96. The molecule has 1 atom stereocenters. The molecule has 4 rings (SSSR count). The van der Waals surface area contributed by atoms with Gasteiger partial charge in [0.15, 0.2) is 5.82 Å². The topological polar surface area (TPSA) is 105 Å². The summed E-state index contributed by atoms with van der Waals surface area (Å²) in [7, 11) is 0. The van der Waals surface area contributed by atoms with E-state index in [1.165, 1.54) is 16.4 Å². The molecule has 0 radical (unpaired) electrons. The number of benzene rings is 1. The molecule has 0 saturated heterocycles. The van der Waals surface area contributed by atoms with Gasteiger partial charge in [0, 0.05) is 5.56 Å². The van der Waals surface area contributed by atoms with Crippen LogP contribution in [0.15, 0.2) is 51.4 Å². The van der Waals surface area contributed by atoms with Gasteiger partial charge in [0.2, 0.25) is 11.0 Å². The lowest BCUT2D eigenvalue weighted by molar-refractivity contribution is 0.340. The molecular weight excluding hydrogens is 396 g/mol. The van der Waals surface area contributed by atoms with E-state index in [0.717, 1.165) is 16.2 Å². The maximum absolute atomic E-state index is 6.22. The van der Waals surface area contributed by atoms with Crippen LogP contribution in [0.3, 0.4) is 0 Å². The Hall–Kier alpha value is -2.85. The molecule has 0 unspecified atom stereocenters. The van der Waals surface area contributed by atoms with Gasteiger partial charge >= 0.3 is 0 Å². The Morgan fingerprint density at radius 2 is 2.00 bits per heavy atom. The second kappa shape index (κ2) is 8.03. The predicted octanol–water partition coefficient (Wildman–Crippen LogP) is 4.02. The van der Waals surface area contributed by atoms with Gasteiger partial charge in [-0.1, -0.05) is 17.8 Å². The molecule has 3 aromatic heterocycles. The molecule has 0 saturated carbocycles. The number of nitrogens with zero attached hydrogens (tertiary/aromatic N) is 5. The van der Waals surface area contributed by atoms with E-state index in [0.29, 0.717) is 29.4 Å². The van der Waals surface area contributed by atoms with Gasteiger partial charge < -0.3 is 15.0 Å². The molecule has 4 aromatic rings. The molecule has 0 aliphatic carbocycles. The molecule has 28 heavy (non-hydrogen) atoms. The van der Waals surface area contributed by atoms with Crippen LogP contribution in [-0.2, 0) is 0 Å². The van der Waals surface area contributed by atoms with Crippen molar-refractivity contribution in [3.8, 4) is 27.9 Å². The van der Waals surface area contributed by atoms with Crippen molar-refractivity contribution in [1.29, 1.82) is 0 Å². The molecule has 144 valence electrons. The fourth-order valence-corrected chi connectivity index (χ4v) is 3.97. The molecule has 0 aliphatic heterocycles. The minimum absolute atomic E-state index is 0.124. The van der Waals surface area contributed by atoms with Gasteiger partial charge in [-0.2, -0.15) is 0 Å². The number of thioether (sulfide) groups is 1. The third kappa shape index (κ3) is 3.73. The van der Waals surface area contributed by atoms with Gasteiger partial charge in [-0.15, -0.1) is 31.7 Å². The molecule has 2 N–H and O–H groups in total. The number of hydrogen-bond donors (Lipinski definition) is 1. The van der Waals surface area contributed by atoms with Crippen LogP contribution in [0.1, 0.15) is 25.0 Å². The lowest BCUT2D eigenvalue weighted by Crippen LogP contribution is -2.12. The summed E-state index contributed by atoms with van der Waals surface area (Å²) in [4.78, 5) is 0.940. The second-order valence-electron chi connectivity index (χ2n) is 5.82. The highest BCUT2D eigenvalue weighted by Crippen LogP contribution is 2.35. The lowest BCUT2D eigenvalue weighted by atomic mass is 10.2. The van der Waals surface area contributed by atoms with Crippen molar-refractivity contribution >= 4 is 23.1 Å². The lowest BCUT2D eigenvalue weighted by Gasteiger charge is -2.07. The van der Waals surface area contributed by atoms with E-state index in [9.17, 15) is 0 Å². The molecule has 0 fully saturated rings. The summed E-state index contributed by atoms with van der Waals surface area (Å²) in [6.07, 6.45) is 0. The molecule has 0 amide bonds. The third-order valence-electron chi connectivity index (χ3n) is 3.89. The molecular formula is C18H18N6O2S2. The van der Waals surface area contributed by atoms with E-state index in [1.54, 1.807) is 11.3 Å². The van der Waals surface area contributed by atoms with Crippen LogP contribution in [0.4, 0.5) is 0 Å². The highest BCUT2D eigenvalue weighted by molar-refractivity contribution is 7.99. The van der Waals surface area contributed by atoms with Crippen molar-refractivity contribution < 1.29 is 9.15 Å². The summed E-state index contributed by atoms with van der Waals surface area (Å²) in [5.74, 6) is 8.62. The van der Waals surface area contributed by atoms with E-state index in [4.69, 9.17) is 15.0 Å². The van der Waals surface area contributed by atoms with E-state index in [2.05, 4.69) is 20.4 Å². The van der Waals surface area contributed by atoms with E-state index in [1.807, 2.05) is 55.6 Å². The minimum atomic E-state index is -0.124. The number of aromatic nitrogens is 5. The van der Waals surface area contributed by atoms with E-state index in [-0.39, 0.29) is 5.25 Å². The normalized spacial score (nSPS) is 12.2. The van der Waals surface area contributed by atoms with Crippen molar-refractivity contribution in [3.05, 3.63) is 47.7 Å². The standard InChI is InChI=1S/C18H18N6O2S2/c1-3-25-13-8-6-12(7-9-13)15-20-23-18(24(15)19)28-11(2)16-21-22-17(26-16)14-5-4-10-27-14/h4-11H,3,19H2,1-2H3/t11-/m0/s1. The minimum Gasteiger partial charge on any atom is -0.494 e. The van der Waals surface area contributed by atoms with Gasteiger partial charge in [-0.05, 0) is 49.6 Å². The summed E-state index contributed by atoms with van der Waals surface area (Å²) in [5, 5.41) is 19.1.